The SMILES string of the molecule is CC.C[C@H](c1ccc(C(F)(F)F)[n+](O)c1)C(C)(C)C. The molecule has 19 heavy (non-hydrogen) atoms. The van der Waals surface area contributed by atoms with Gasteiger partial charge in [-0.2, -0.15) is 13.2 Å². The first-order valence-corrected chi connectivity index (χ1v) is 6.35. The predicted octanol–water partition coefficient (Wildman–Crippen LogP) is 4.41. The number of aromatic nitrogens is 1. The summed E-state index contributed by atoms with van der Waals surface area (Å²) in [5, 5.41) is 9.34. The van der Waals surface area contributed by atoms with E-state index in [0.29, 0.717) is 5.56 Å². The number of hydrogen-bond donors (Lipinski definition) is 1. The van der Waals surface area contributed by atoms with Crippen molar-refractivity contribution < 1.29 is 23.1 Å². The fraction of sp³-hybridized carbons (Fsp3) is 0.643. The fourth-order valence-electron chi connectivity index (χ4n) is 1.49. The van der Waals surface area contributed by atoms with Crippen molar-refractivity contribution in [1.29, 1.82) is 0 Å². The molecule has 0 bridgehead atoms. The molecule has 0 aliphatic carbocycles. The van der Waals surface area contributed by atoms with Crippen LogP contribution in [0.15, 0.2) is 18.3 Å². The van der Waals surface area contributed by atoms with Gasteiger partial charge >= 0.3 is 11.9 Å². The highest BCUT2D eigenvalue weighted by Gasteiger charge is 2.42. The monoisotopic (exact) mass is 278 g/mol. The van der Waals surface area contributed by atoms with Gasteiger partial charge in [0.25, 0.3) is 0 Å². The van der Waals surface area contributed by atoms with Gasteiger partial charge in [-0.3, -0.25) is 5.21 Å². The molecule has 2 nitrogen and oxygen atoms in total. The van der Waals surface area contributed by atoms with E-state index in [1.165, 1.54) is 6.07 Å². The molecule has 0 aliphatic rings. The van der Waals surface area contributed by atoms with E-state index in [4.69, 9.17) is 0 Å². The molecule has 0 unspecified atom stereocenters. The Morgan fingerprint density at radius 2 is 1.58 bits per heavy atom. The summed E-state index contributed by atoms with van der Waals surface area (Å²) in [7, 11) is 0. The van der Waals surface area contributed by atoms with Crippen LogP contribution < -0.4 is 4.73 Å². The van der Waals surface area contributed by atoms with E-state index < -0.39 is 11.9 Å². The Morgan fingerprint density at radius 1 is 1.11 bits per heavy atom. The first kappa shape index (κ1) is 17.7. The minimum atomic E-state index is -4.54. The van der Waals surface area contributed by atoms with Gasteiger partial charge in [0.05, 0.1) is 0 Å². The van der Waals surface area contributed by atoms with Gasteiger partial charge in [0, 0.05) is 16.4 Å². The lowest BCUT2D eigenvalue weighted by Crippen LogP contribution is -2.40. The summed E-state index contributed by atoms with van der Waals surface area (Å²) < 4.78 is 37.5. The zero-order valence-electron chi connectivity index (χ0n) is 12.3. The maximum Gasteiger partial charge on any atom is 0.482 e. The van der Waals surface area contributed by atoms with E-state index in [9.17, 15) is 18.4 Å². The quantitative estimate of drug-likeness (QED) is 0.597. The summed E-state index contributed by atoms with van der Waals surface area (Å²) in [5.41, 5.74) is -0.470. The fourth-order valence-corrected chi connectivity index (χ4v) is 1.49. The molecule has 0 spiro atoms. The number of pyridine rings is 1. The lowest BCUT2D eigenvalue weighted by molar-refractivity contribution is -0.915. The molecule has 0 aliphatic heterocycles. The topological polar surface area (TPSA) is 24.1 Å². The van der Waals surface area contributed by atoms with Crippen molar-refractivity contribution >= 4 is 0 Å². The second-order valence-electron chi connectivity index (χ2n) is 5.28. The molecule has 0 saturated carbocycles. The summed E-state index contributed by atoms with van der Waals surface area (Å²) in [4.78, 5) is 0. The van der Waals surface area contributed by atoms with Gasteiger partial charge in [-0.15, -0.1) is 0 Å². The largest absolute Gasteiger partial charge is 0.482 e. The van der Waals surface area contributed by atoms with Gasteiger partial charge in [0.2, 0.25) is 6.20 Å². The van der Waals surface area contributed by atoms with Gasteiger partial charge in [-0.05, 0) is 17.4 Å². The summed E-state index contributed by atoms with van der Waals surface area (Å²) in [5.74, 6) is 0.0446. The van der Waals surface area contributed by atoms with Crippen LogP contribution in [0.25, 0.3) is 0 Å². The molecule has 1 aromatic rings. The first-order chi connectivity index (χ1) is 8.53. The molecule has 0 radical (unpaired) electrons. The summed E-state index contributed by atoms with van der Waals surface area (Å²) in [6.45, 7) is 11.9. The zero-order valence-corrected chi connectivity index (χ0v) is 12.3. The van der Waals surface area contributed by atoms with Crippen molar-refractivity contribution in [2.24, 2.45) is 5.41 Å². The second-order valence-corrected chi connectivity index (χ2v) is 5.28. The van der Waals surface area contributed by atoms with Crippen LogP contribution in [0, 0.1) is 5.41 Å². The van der Waals surface area contributed by atoms with Crippen LogP contribution in [0.5, 0.6) is 0 Å². The van der Waals surface area contributed by atoms with Gasteiger partial charge in [0.15, 0.2) is 0 Å². The lowest BCUT2D eigenvalue weighted by atomic mass is 9.78. The van der Waals surface area contributed by atoms with E-state index in [1.807, 2.05) is 41.5 Å². The van der Waals surface area contributed by atoms with Crippen LogP contribution >= 0.6 is 0 Å². The van der Waals surface area contributed by atoms with E-state index in [1.54, 1.807) is 0 Å². The number of nitrogens with zero attached hydrogens (tertiary/aromatic N) is 1. The highest BCUT2D eigenvalue weighted by atomic mass is 19.4. The number of rotatable bonds is 1. The molecular weight excluding hydrogens is 255 g/mol. The highest BCUT2D eigenvalue weighted by molar-refractivity contribution is 5.17. The molecule has 1 atom stereocenters. The first-order valence-electron chi connectivity index (χ1n) is 6.35. The number of alkyl halides is 3. The Bertz CT molecular complexity index is 408. The zero-order chi connectivity index (χ0) is 15.4. The normalized spacial score (nSPS) is 13.5. The van der Waals surface area contributed by atoms with Gasteiger partial charge in [0.1, 0.15) is 0 Å². The number of halogens is 3. The molecule has 5 heteroatoms. The van der Waals surface area contributed by atoms with E-state index in [2.05, 4.69) is 0 Å². The van der Waals surface area contributed by atoms with Crippen molar-refractivity contribution in [1.82, 2.24) is 0 Å². The van der Waals surface area contributed by atoms with Crippen molar-refractivity contribution in [2.75, 3.05) is 0 Å². The Labute approximate surface area is 112 Å². The maximum absolute atomic E-state index is 12.4. The Balaban J connectivity index is 0.00000154. The highest BCUT2D eigenvalue weighted by Crippen LogP contribution is 2.34. The summed E-state index contributed by atoms with van der Waals surface area (Å²) in [6, 6.07) is 2.31. The molecule has 1 rings (SSSR count). The number of hydrogen-bond acceptors (Lipinski definition) is 1. The summed E-state index contributed by atoms with van der Waals surface area (Å²) >= 11 is 0. The van der Waals surface area contributed by atoms with Crippen molar-refractivity contribution in [2.45, 2.75) is 53.6 Å². The molecule has 1 heterocycles. The predicted molar refractivity (Wildman–Crippen MR) is 68.0 cm³/mol. The smallest absolute Gasteiger partial charge is 0.285 e. The van der Waals surface area contributed by atoms with Crippen LogP contribution in [0.3, 0.4) is 0 Å². The third-order valence-corrected chi connectivity index (χ3v) is 3.04. The van der Waals surface area contributed by atoms with Crippen molar-refractivity contribution in [3.05, 3.63) is 29.6 Å². The van der Waals surface area contributed by atoms with Crippen molar-refractivity contribution in [3.63, 3.8) is 0 Å². The van der Waals surface area contributed by atoms with Gasteiger partial charge in [-0.1, -0.05) is 41.5 Å². The molecule has 1 N–H and O–H groups in total. The van der Waals surface area contributed by atoms with Crippen LogP contribution in [0.1, 0.15) is 58.7 Å². The Morgan fingerprint density at radius 3 is 1.89 bits per heavy atom. The molecule has 1 aromatic heterocycles. The third kappa shape index (κ3) is 4.73. The van der Waals surface area contributed by atoms with Crippen LogP contribution in [-0.4, -0.2) is 5.21 Å². The minimum absolute atomic E-state index is 0.0446. The molecule has 0 amide bonds. The molecule has 0 fully saturated rings. The molecule has 110 valence electrons. The van der Waals surface area contributed by atoms with E-state index in [0.717, 1.165) is 12.3 Å². The average molecular weight is 278 g/mol. The van der Waals surface area contributed by atoms with Crippen LogP contribution in [-0.2, 0) is 6.18 Å². The maximum atomic E-state index is 12.4. The lowest BCUT2D eigenvalue weighted by Gasteiger charge is -2.26. The average Bonchev–Trinajstić information content (AvgIpc) is 2.27. The molecular formula is C14H23F3NO+. The van der Waals surface area contributed by atoms with Crippen LogP contribution in [0.2, 0.25) is 0 Å². The van der Waals surface area contributed by atoms with E-state index in [-0.39, 0.29) is 16.1 Å². The molecule has 0 aromatic carbocycles. The Kier molecular flexibility index (Phi) is 5.84. The Hall–Kier alpha value is -1.26. The third-order valence-electron chi connectivity index (χ3n) is 3.04. The van der Waals surface area contributed by atoms with E-state index >= 15 is 0 Å². The van der Waals surface area contributed by atoms with Crippen molar-refractivity contribution in [3.8, 4) is 0 Å². The standard InChI is InChI=1S/C12H17F3NO.C2H6/c1-8(11(2,3)4)9-5-6-10(12(13,14)15)16(17)7-9;1-2/h5-8,17H,1-4H3;1-2H3/q+1;/t8-;/m1./s1. The molecule has 0 saturated heterocycles. The second kappa shape index (κ2) is 6.26. The van der Waals surface area contributed by atoms with Gasteiger partial charge in [-0.25, -0.2) is 0 Å². The van der Waals surface area contributed by atoms with Gasteiger partial charge < -0.3 is 0 Å². The van der Waals surface area contributed by atoms with Crippen LogP contribution in [0.4, 0.5) is 13.2 Å². The minimum Gasteiger partial charge on any atom is -0.285 e. The summed E-state index contributed by atoms with van der Waals surface area (Å²) in [6.07, 6.45) is -3.42.